The minimum Gasteiger partial charge on any atom is -0.378 e. The molecule has 1 heterocycles. The van der Waals surface area contributed by atoms with Crippen molar-refractivity contribution in [2.24, 2.45) is 0 Å². The van der Waals surface area contributed by atoms with Crippen LogP contribution in [0.4, 0.5) is 9.93 Å². The predicted molar refractivity (Wildman–Crippen MR) is 93.9 cm³/mol. The number of amides is 2. The molecule has 0 radical (unpaired) electrons. The van der Waals surface area contributed by atoms with Gasteiger partial charge in [-0.2, -0.15) is 0 Å². The fourth-order valence-electron chi connectivity index (χ4n) is 1.80. The van der Waals surface area contributed by atoms with Gasteiger partial charge >= 0.3 is 6.03 Å². The monoisotopic (exact) mass is 334 g/mol. The zero-order valence-corrected chi connectivity index (χ0v) is 14.2. The molecular weight excluding hydrogens is 312 g/mol. The van der Waals surface area contributed by atoms with Gasteiger partial charge in [-0.15, -0.1) is 0 Å². The van der Waals surface area contributed by atoms with Crippen molar-refractivity contribution >= 4 is 22.5 Å². The van der Waals surface area contributed by atoms with E-state index in [1.807, 2.05) is 49.3 Å². The Morgan fingerprint density at radius 2 is 2.04 bits per heavy atom. The summed E-state index contributed by atoms with van der Waals surface area (Å²) >= 11 is 1.45. The molecule has 2 rings (SSSR count). The highest BCUT2D eigenvalue weighted by Crippen LogP contribution is 2.28. The number of hydrogen-bond donors (Lipinski definition) is 2. The number of carbonyl (C=O) groups excluding carboxylic acids is 1. The molecule has 124 valence electrons. The van der Waals surface area contributed by atoms with Crippen LogP contribution >= 0.6 is 11.3 Å². The van der Waals surface area contributed by atoms with Crippen molar-refractivity contribution in [2.45, 2.75) is 0 Å². The van der Waals surface area contributed by atoms with E-state index in [-0.39, 0.29) is 6.03 Å². The number of carbonyl (C=O) groups is 1. The second kappa shape index (κ2) is 9.24. The van der Waals surface area contributed by atoms with E-state index in [9.17, 15) is 4.79 Å². The first-order chi connectivity index (χ1) is 11.1. The Labute approximate surface area is 140 Å². The number of likely N-dealkylation sites (N-methyl/N-ethyl adjacent to an activating group) is 1. The summed E-state index contributed by atoms with van der Waals surface area (Å²) in [4.78, 5) is 19.1. The summed E-state index contributed by atoms with van der Waals surface area (Å²) in [5.41, 5.74) is 1.09. The molecule has 0 fully saturated rings. The van der Waals surface area contributed by atoms with Gasteiger partial charge in [-0.25, -0.2) is 9.78 Å². The van der Waals surface area contributed by atoms with E-state index in [1.54, 1.807) is 6.20 Å². The van der Waals surface area contributed by atoms with Gasteiger partial charge in [0.1, 0.15) is 0 Å². The van der Waals surface area contributed by atoms with Crippen LogP contribution in [-0.4, -0.2) is 56.3 Å². The number of benzene rings is 1. The summed E-state index contributed by atoms with van der Waals surface area (Å²) in [5.74, 6) is 0. The molecule has 0 aliphatic heterocycles. The van der Waals surface area contributed by atoms with Crippen LogP contribution < -0.4 is 10.6 Å². The highest BCUT2D eigenvalue weighted by molar-refractivity contribution is 7.19. The third kappa shape index (κ3) is 6.35. The van der Waals surface area contributed by atoms with Gasteiger partial charge in [-0.3, -0.25) is 5.32 Å². The topological polar surface area (TPSA) is 66.5 Å². The molecule has 23 heavy (non-hydrogen) atoms. The first kappa shape index (κ1) is 17.4. The molecule has 0 saturated carbocycles. The second-order valence-electron chi connectivity index (χ2n) is 5.19. The number of thiazole rings is 1. The van der Waals surface area contributed by atoms with Crippen molar-refractivity contribution in [2.75, 3.05) is 45.7 Å². The Bertz CT molecular complexity index is 601. The van der Waals surface area contributed by atoms with E-state index in [0.29, 0.717) is 24.9 Å². The van der Waals surface area contributed by atoms with Gasteiger partial charge in [-0.05, 0) is 19.7 Å². The van der Waals surface area contributed by atoms with Crippen LogP contribution in [0.1, 0.15) is 0 Å². The molecule has 1 aromatic heterocycles. The van der Waals surface area contributed by atoms with E-state index in [1.165, 1.54) is 11.3 Å². The Morgan fingerprint density at radius 1 is 1.26 bits per heavy atom. The van der Waals surface area contributed by atoms with Crippen LogP contribution in [0.5, 0.6) is 0 Å². The van der Waals surface area contributed by atoms with Crippen molar-refractivity contribution in [3.05, 3.63) is 36.5 Å². The lowest BCUT2D eigenvalue weighted by Crippen LogP contribution is -2.32. The predicted octanol–water partition coefficient (Wildman–Crippen LogP) is 2.51. The lowest BCUT2D eigenvalue weighted by atomic mass is 10.2. The average Bonchev–Trinajstić information content (AvgIpc) is 3.00. The van der Waals surface area contributed by atoms with Gasteiger partial charge in [0.2, 0.25) is 0 Å². The van der Waals surface area contributed by atoms with E-state index >= 15 is 0 Å². The van der Waals surface area contributed by atoms with Crippen LogP contribution in [0.25, 0.3) is 10.4 Å². The summed E-state index contributed by atoms with van der Waals surface area (Å²) in [6.07, 6.45) is 1.76. The van der Waals surface area contributed by atoms with Crippen LogP contribution in [0.15, 0.2) is 36.5 Å². The van der Waals surface area contributed by atoms with Gasteiger partial charge in [0.15, 0.2) is 5.13 Å². The lowest BCUT2D eigenvalue weighted by molar-refractivity contribution is 0.120. The van der Waals surface area contributed by atoms with Crippen molar-refractivity contribution < 1.29 is 9.53 Å². The molecule has 0 aliphatic rings. The number of rotatable bonds is 8. The average molecular weight is 334 g/mol. The molecule has 0 unspecified atom stereocenters. The van der Waals surface area contributed by atoms with Crippen LogP contribution in [-0.2, 0) is 4.74 Å². The normalized spacial score (nSPS) is 10.7. The first-order valence-electron chi connectivity index (χ1n) is 7.44. The largest absolute Gasteiger partial charge is 0.378 e. The molecule has 0 bridgehead atoms. The zero-order valence-electron chi connectivity index (χ0n) is 13.4. The number of ether oxygens (including phenoxy) is 1. The maximum absolute atomic E-state index is 11.8. The van der Waals surface area contributed by atoms with Gasteiger partial charge in [0.05, 0.1) is 18.1 Å². The number of urea groups is 1. The molecule has 2 aromatic rings. The highest BCUT2D eigenvalue weighted by Gasteiger charge is 2.07. The summed E-state index contributed by atoms with van der Waals surface area (Å²) in [6.45, 7) is 2.49. The molecule has 6 nitrogen and oxygen atoms in total. The first-order valence-corrected chi connectivity index (χ1v) is 8.25. The van der Waals surface area contributed by atoms with E-state index in [2.05, 4.69) is 15.6 Å². The smallest absolute Gasteiger partial charge is 0.321 e. The zero-order chi connectivity index (χ0) is 16.5. The highest BCUT2D eigenvalue weighted by atomic mass is 32.1. The lowest BCUT2D eigenvalue weighted by Gasteiger charge is -2.10. The van der Waals surface area contributed by atoms with E-state index < -0.39 is 0 Å². The summed E-state index contributed by atoms with van der Waals surface area (Å²) in [7, 11) is 3.99. The van der Waals surface area contributed by atoms with Gasteiger partial charge in [-0.1, -0.05) is 41.7 Å². The number of nitrogens with zero attached hydrogens (tertiary/aromatic N) is 2. The Morgan fingerprint density at radius 3 is 2.78 bits per heavy atom. The van der Waals surface area contributed by atoms with Crippen molar-refractivity contribution in [1.82, 2.24) is 15.2 Å². The number of nitrogens with one attached hydrogen (secondary N) is 2. The molecule has 0 saturated heterocycles. The summed E-state index contributed by atoms with van der Waals surface area (Å²) in [5, 5.41) is 6.06. The van der Waals surface area contributed by atoms with Gasteiger partial charge < -0.3 is 15.0 Å². The molecular formula is C16H22N4O2S. The quantitative estimate of drug-likeness (QED) is 0.728. The molecule has 0 atom stereocenters. The van der Waals surface area contributed by atoms with Gasteiger partial charge in [0, 0.05) is 19.3 Å². The minimum atomic E-state index is -0.268. The minimum absolute atomic E-state index is 0.268. The molecule has 2 amide bonds. The fourth-order valence-corrected chi connectivity index (χ4v) is 2.61. The number of anilines is 1. The SMILES string of the molecule is CN(C)CCOCCNC(=O)Nc1ncc(-c2ccccc2)s1. The second-order valence-corrected chi connectivity index (χ2v) is 6.22. The third-order valence-electron chi connectivity index (χ3n) is 3.00. The van der Waals surface area contributed by atoms with Crippen LogP contribution in [0.3, 0.4) is 0 Å². The van der Waals surface area contributed by atoms with Gasteiger partial charge in [0.25, 0.3) is 0 Å². The molecule has 0 aliphatic carbocycles. The fraction of sp³-hybridized carbons (Fsp3) is 0.375. The van der Waals surface area contributed by atoms with Crippen LogP contribution in [0.2, 0.25) is 0 Å². The van der Waals surface area contributed by atoms with Crippen molar-refractivity contribution in [1.29, 1.82) is 0 Å². The molecule has 0 spiro atoms. The van der Waals surface area contributed by atoms with E-state index in [0.717, 1.165) is 17.0 Å². The third-order valence-corrected chi connectivity index (χ3v) is 3.96. The Hall–Kier alpha value is -1.96. The molecule has 1 aromatic carbocycles. The standard InChI is InChI=1S/C16H22N4O2S/c1-20(2)9-11-22-10-8-17-15(21)19-16-18-12-14(23-16)13-6-4-3-5-7-13/h3-7,12H,8-11H2,1-2H3,(H2,17,18,19,21). The Kier molecular flexibility index (Phi) is 6.99. The summed E-state index contributed by atoms with van der Waals surface area (Å²) in [6, 6.07) is 9.69. The van der Waals surface area contributed by atoms with Crippen LogP contribution in [0, 0.1) is 0 Å². The molecule has 7 heteroatoms. The molecule has 2 N–H and O–H groups in total. The van der Waals surface area contributed by atoms with Crippen molar-refractivity contribution in [3.8, 4) is 10.4 Å². The summed E-state index contributed by atoms with van der Waals surface area (Å²) < 4.78 is 5.41. The Balaban J connectivity index is 1.69. The maximum atomic E-state index is 11.8. The van der Waals surface area contributed by atoms with Crippen molar-refractivity contribution in [3.63, 3.8) is 0 Å². The maximum Gasteiger partial charge on any atom is 0.321 e. The number of aromatic nitrogens is 1. The van der Waals surface area contributed by atoms with E-state index in [4.69, 9.17) is 4.74 Å². The number of hydrogen-bond acceptors (Lipinski definition) is 5.